The minimum Gasteiger partial charge on any atom is -0.490 e. The number of halogens is 1. The average molecular weight is 299 g/mol. The Morgan fingerprint density at radius 2 is 2.00 bits per heavy atom. The SMILES string of the molecule is CCOc1cccc2cc(C(=O)Nc3ccc(F)cc3)oc12. The van der Waals surface area contributed by atoms with Crippen LogP contribution in [0.5, 0.6) is 5.75 Å². The fraction of sp³-hybridized carbons (Fsp3) is 0.118. The van der Waals surface area contributed by atoms with E-state index in [4.69, 9.17) is 9.15 Å². The molecule has 1 amide bonds. The standard InChI is InChI=1S/C17H14FNO3/c1-2-21-14-5-3-4-11-10-15(22-16(11)14)17(20)19-13-8-6-12(18)7-9-13/h3-10H,2H2,1H3,(H,19,20). The molecule has 0 saturated carbocycles. The highest BCUT2D eigenvalue weighted by Gasteiger charge is 2.15. The molecular weight excluding hydrogens is 285 g/mol. The molecule has 1 aromatic heterocycles. The number of rotatable bonds is 4. The number of ether oxygens (including phenoxy) is 1. The molecule has 0 aliphatic rings. The van der Waals surface area contributed by atoms with E-state index in [-0.39, 0.29) is 11.6 Å². The van der Waals surface area contributed by atoms with Crippen molar-refractivity contribution >= 4 is 22.6 Å². The van der Waals surface area contributed by atoms with Crippen LogP contribution in [-0.4, -0.2) is 12.5 Å². The maximum absolute atomic E-state index is 12.9. The Labute approximate surface area is 126 Å². The van der Waals surface area contributed by atoms with Crippen LogP contribution in [0.3, 0.4) is 0 Å². The third-order valence-corrected chi connectivity index (χ3v) is 3.13. The average Bonchev–Trinajstić information content (AvgIpc) is 2.95. The van der Waals surface area contributed by atoms with Crippen LogP contribution in [0.25, 0.3) is 11.0 Å². The fourth-order valence-electron chi connectivity index (χ4n) is 2.14. The van der Waals surface area contributed by atoms with Crippen LogP contribution in [0.15, 0.2) is 52.9 Å². The van der Waals surface area contributed by atoms with Crippen molar-refractivity contribution in [2.45, 2.75) is 6.92 Å². The highest BCUT2D eigenvalue weighted by molar-refractivity contribution is 6.05. The molecular formula is C17H14FNO3. The Hall–Kier alpha value is -2.82. The number of hydrogen-bond acceptors (Lipinski definition) is 3. The number of amides is 1. The molecule has 1 N–H and O–H groups in total. The van der Waals surface area contributed by atoms with Crippen LogP contribution < -0.4 is 10.1 Å². The largest absolute Gasteiger partial charge is 0.490 e. The zero-order valence-electron chi connectivity index (χ0n) is 11.9. The molecule has 2 aromatic carbocycles. The number of nitrogens with one attached hydrogen (secondary N) is 1. The molecule has 0 radical (unpaired) electrons. The summed E-state index contributed by atoms with van der Waals surface area (Å²) in [5.41, 5.74) is 1.03. The number of carbonyl (C=O) groups excluding carboxylic acids is 1. The molecule has 0 unspecified atom stereocenters. The summed E-state index contributed by atoms with van der Waals surface area (Å²) in [4.78, 5) is 12.2. The van der Waals surface area contributed by atoms with Crippen LogP contribution >= 0.6 is 0 Å². The Kier molecular flexibility index (Phi) is 3.78. The highest BCUT2D eigenvalue weighted by atomic mass is 19.1. The van der Waals surface area contributed by atoms with Gasteiger partial charge in [0.2, 0.25) is 0 Å². The minimum absolute atomic E-state index is 0.173. The van der Waals surface area contributed by atoms with Crippen molar-refractivity contribution in [3.05, 3.63) is 60.1 Å². The highest BCUT2D eigenvalue weighted by Crippen LogP contribution is 2.29. The first-order chi connectivity index (χ1) is 10.7. The van der Waals surface area contributed by atoms with Crippen LogP contribution in [0.2, 0.25) is 0 Å². The summed E-state index contributed by atoms with van der Waals surface area (Å²) in [5.74, 6) is 0.0145. The summed E-state index contributed by atoms with van der Waals surface area (Å²) in [7, 11) is 0. The van der Waals surface area contributed by atoms with Gasteiger partial charge in [0.1, 0.15) is 5.82 Å². The van der Waals surface area contributed by atoms with Crippen LogP contribution in [0.4, 0.5) is 10.1 Å². The second kappa shape index (κ2) is 5.89. The molecule has 5 heteroatoms. The topological polar surface area (TPSA) is 51.5 Å². The lowest BCUT2D eigenvalue weighted by Crippen LogP contribution is -2.10. The summed E-state index contributed by atoms with van der Waals surface area (Å²) in [6, 6.07) is 12.7. The van der Waals surface area contributed by atoms with Gasteiger partial charge in [0.15, 0.2) is 17.1 Å². The monoisotopic (exact) mass is 299 g/mol. The van der Waals surface area contributed by atoms with Crippen LogP contribution in [0.1, 0.15) is 17.5 Å². The lowest BCUT2D eigenvalue weighted by Gasteiger charge is -2.03. The lowest BCUT2D eigenvalue weighted by atomic mass is 10.2. The third kappa shape index (κ3) is 2.79. The maximum Gasteiger partial charge on any atom is 0.291 e. The Balaban J connectivity index is 1.87. The summed E-state index contributed by atoms with van der Waals surface area (Å²) in [6.07, 6.45) is 0. The van der Waals surface area contributed by atoms with Gasteiger partial charge < -0.3 is 14.5 Å². The first-order valence-electron chi connectivity index (χ1n) is 6.89. The summed E-state index contributed by atoms with van der Waals surface area (Å²) >= 11 is 0. The van der Waals surface area contributed by atoms with Crippen molar-refractivity contribution in [2.75, 3.05) is 11.9 Å². The Bertz CT molecular complexity index is 808. The molecule has 4 nitrogen and oxygen atoms in total. The molecule has 0 bridgehead atoms. The van der Waals surface area contributed by atoms with E-state index in [9.17, 15) is 9.18 Å². The van der Waals surface area contributed by atoms with E-state index >= 15 is 0 Å². The number of fused-ring (bicyclic) bond motifs is 1. The number of hydrogen-bond donors (Lipinski definition) is 1. The van der Waals surface area contributed by atoms with Gasteiger partial charge in [0.05, 0.1) is 6.61 Å². The van der Waals surface area contributed by atoms with E-state index in [1.54, 1.807) is 12.1 Å². The van der Waals surface area contributed by atoms with Crippen molar-refractivity contribution in [3.63, 3.8) is 0 Å². The lowest BCUT2D eigenvalue weighted by molar-refractivity contribution is 0.0998. The van der Waals surface area contributed by atoms with Gasteiger partial charge >= 0.3 is 0 Å². The molecule has 3 rings (SSSR count). The molecule has 0 saturated heterocycles. The van der Waals surface area contributed by atoms with E-state index in [0.717, 1.165) is 5.39 Å². The van der Waals surface area contributed by atoms with Gasteiger partial charge in [-0.15, -0.1) is 0 Å². The van der Waals surface area contributed by atoms with Crippen LogP contribution in [-0.2, 0) is 0 Å². The minimum atomic E-state index is -0.398. The molecule has 0 aliphatic heterocycles. The van der Waals surface area contributed by atoms with Crippen molar-refractivity contribution in [3.8, 4) is 5.75 Å². The van der Waals surface area contributed by atoms with Gasteiger partial charge in [0.25, 0.3) is 5.91 Å². The van der Waals surface area contributed by atoms with Gasteiger partial charge in [-0.2, -0.15) is 0 Å². The normalized spacial score (nSPS) is 10.6. The van der Waals surface area contributed by atoms with Gasteiger partial charge in [-0.3, -0.25) is 4.79 Å². The number of carbonyl (C=O) groups is 1. The number of para-hydroxylation sites is 1. The predicted octanol–water partition coefficient (Wildman–Crippen LogP) is 4.22. The molecule has 0 aliphatic carbocycles. The van der Waals surface area contributed by atoms with Crippen molar-refractivity contribution in [1.29, 1.82) is 0 Å². The van der Waals surface area contributed by atoms with E-state index in [2.05, 4.69) is 5.32 Å². The smallest absolute Gasteiger partial charge is 0.291 e. The number of benzene rings is 2. The predicted molar refractivity (Wildman–Crippen MR) is 81.7 cm³/mol. The summed E-state index contributed by atoms with van der Waals surface area (Å²) < 4.78 is 23.9. The Morgan fingerprint density at radius 1 is 1.23 bits per heavy atom. The third-order valence-electron chi connectivity index (χ3n) is 3.13. The van der Waals surface area contributed by atoms with Crippen molar-refractivity contribution in [2.24, 2.45) is 0 Å². The van der Waals surface area contributed by atoms with Crippen molar-refractivity contribution < 1.29 is 18.3 Å². The van der Waals surface area contributed by atoms with Gasteiger partial charge in [-0.1, -0.05) is 12.1 Å². The van der Waals surface area contributed by atoms with Gasteiger partial charge in [-0.05, 0) is 43.3 Å². The van der Waals surface area contributed by atoms with E-state index in [0.29, 0.717) is 23.6 Å². The molecule has 3 aromatic rings. The second-order valence-electron chi connectivity index (χ2n) is 4.68. The number of anilines is 1. The van der Waals surface area contributed by atoms with Gasteiger partial charge in [0, 0.05) is 11.1 Å². The first kappa shape index (κ1) is 14.1. The summed E-state index contributed by atoms with van der Waals surface area (Å²) in [5, 5.41) is 3.44. The number of furan rings is 1. The molecule has 0 spiro atoms. The van der Waals surface area contributed by atoms with E-state index in [1.165, 1.54) is 24.3 Å². The first-order valence-corrected chi connectivity index (χ1v) is 6.89. The van der Waals surface area contributed by atoms with E-state index < -0.39 is 5.91 Å². The summed E-state index contributed by atoms with van der Waals surface area (Å²) in [6.45, 7) is 2.39. The molecule has 112 valence electrons. The zero-order valence-corrected chi connectivity index (χ0v) is 11.9. The fourth-order valence-corrected chi connectivity index (χ4v) is 2.14. The molecule has 0 atom stereocenters. The zero-order chi connectivity index (χ0) is 15.5. The molecule has 22 heavy (non-hydrogen) atoms. The maximum atomic E-state index is 12.9. The van der Waals surface area contributed by atoms with Crippen LogP contribution in [0, 0.1) is 5.82 Å². The van der Waals surface area contributed by atoms with Gasteiger partial charge in [-0.25, -0.2) is 4.39 Å². The quantitative estimate of drug-likeness (QED) is 0.784. The molecule has 0 fully saturated rings. The second-order valence-corrected chi connectivity index (χ2v) is 4.68. The molecule has 1 heterocycles. The Morgan fingerprint density at radius 3 is 2.73 bits per heavy atom. The van der Waals surface area contributed by atoms with Crippen molar-refractivity contribution in [1.82, 2.24) is 0 Å². The van der Waals surface area contributed by atoms with E-state index in [1.807, 2.05) is 19.1 Å².